The van der Waals surface area contributed by atoms with Gasteiger partial charge in [-0.3, -0.25) is 4.79 Å². The van der Waals surface area contributed by atoms with E-state index in [-0.39, 0.29) is 5.91 Å². The van der Waals surface area contributed by atoms with Gasteiger partial charge >= 0.3 is 0 Å². The van der Waals surface area contributed by atoms with Crippen molar-refractivity contribution < 1.29 is 14.3 Å². The number of carbonyl (C=O) groups is 1. The number of halogens is 2. The molecule has 3 N–H and O–H groups in total. The lowest BCUT2D eigenvalue weighted by Crippen LogP contribution is -2.46. The minimum Gasteiger partial charge on any atom is -0.497 e. The Morgan fingerprint density at radius 2 is 1.83 bits per heavy atom. The van der Waals surface area contributed by atoms with Gasteiger partial charge in [-0.15, -0.1) is 0 Å². The average molecular weight is 452 g/mol. The van der Waals surface area contributed by atoms with E-state index in [1.807, 2.05) is 0 Å². The van der Waals surface area contributed by atoms with Crippen LogP contribution in [0.3, 0.4) is 0 Å². The molecule has 2 aromatic carbocycles. The highest BCUT2D eigenvalue weighted by atomic mass is 35.5. The van der Waals surface area contributed by atoms with Crippen LogP contribution in [0.4, 0.5) is 5.69 Å². The number of rotatable bonds is 5. The number of anilines is 1. The Bertz CT molecular complexity index is 990. The Labute approximate surface area is 184 Å². The monoisotopic (exact) mass is 451 g/mol. The summed E-state index contributed by atoms with van der Waals surface area (Å²) in [6, 6.07) is 9.68. The number of allylic oxidation sites excluding steroid dienone is 1. The van der Waals surface area contributed by atoms with Crippen LogP contribution in [0.25, 0.3) is 0 Å². The van der Waals surface area contributed by atoms with Crippen molar-refractivity contribution in [1.82, 2.24) is 10.6 Å². The Balaban J connectivity index is 2.01. The van der Waals surface area contributed by atoms with Gasteiger partial charge in [-0.2, -0.15) is 0 Å². The van der Waals surface area contributed by atoms with Gasteiger partial charge in [0.2, 0.25) is 0 Å². The first-order valence-electron chi connectivity index (χ1n) is 8.61. The Kier molecular flexibility index (Phi) is 6.52. The van der Waals surface area contributed by atoms with Crippen LogP contribution < -0.4 is 25.4 Å². The van der Waals surface area contributed by atoms with Crippen LogP contribution >= 0.6 is 35.4 Å². The van der Waals surface area contributed by atoms with Gasteiger partial charge in [0.15, 0.2) is 5.11 Å². The van der Waals surface area contributed by atoms with Gasteiger partial charge in [0, 0.05) is 27.4 Å². The quantitative estimate of drug-likeness (QED) is 0.583. The summed E-state index contributed by atoms with van der Waals surface area (Å²) < 4.78 is 10.6. The first kappa shape index (κ1) is 21.2. The SMILES string of the molecule is COc1ccc(NC(=O)C2=C(C)NC(=S)NC2c2c(Cl)cccc2Cl)c(OC)c1. The molecule has 2 aromatic rings. The lowest BCUT2D eigenvalue weighted by Gasteiger charge is -2.31. The summed E-state index contributed by atoms with van der Waals surface area (Å²) in [6.45, 7) is 1.77. The molecule has 6 nitrogen and oxygen atoms in total. The van der Waals surface area contributed by atoms with Gasteiger partial charge < -0.3 is 25.4 Å². The Hall–Kier alpha value is -2.48. The molecule has 1 aliphatic heterocycles. The highest BCUT2D eigenvalue weighted by molar-refractivity contribution is 7.80. The number of nitrogens with one attached hydrogen (secondary N) is 3. The summed E-state index contributed by atoms with van der Waals surface area (Å²) in [6.07, 6.45) is 0. The highest BCUT2D eigenvalue weighted by Gasteiger charge is 2.32. The molecule has 1 unspecified atom stereocenters. The third-order valence-corrected chi connectivity index (χ3v) is 5.34. The number of amides is 1. The molecule has 1 amide bonds. The Morgan fingerprint density at radius 1 is 1.14 bits per heavy atom. The molecule has 0 bridgehead atoms. The molecular formula is C20H19Cl2N3O3S. The number of thiocarbonyl (C=S) groups is 1. The van der Waals surface area contributed by atoms with Crippen LogP contribution in [-0.2, 0) is 4.79 Å². The molecule has 0 saturated carbocycles. The van der Waals surface area contributed by atoms with Gasteiger partial charge in [0.1, 0.15) is 11.5 Å². The molecule has 0 spiro atoms. The molecule has 3 rings (SSSR count). The zero-order valence-corrected chi connectivity index (χ0v) is 18.3. The molecule has 0 fully saturated rings. The fourth-order valence-electron chi connectivity index (χ4n) is 3.09. The maximum absolute atomic E-state index is 13.2. The van der Waals surface area contributed by atoms with Crippen molar-refractivity contribution in [1.29, 1.82) is 0 Å². The number of hydrogen-bond acceptors (Lipinski definition) is 4. The zero-order chi connectivity index (χ0) is 21.1. The van der Waals surface area contributed by atoms with Crippen molar-refractivity contribution in [3.05, 3.63) is 63.3 Å². The topological polar surface area (TPSA) is 71.6 Å². The number of ether oxygens (including phenoxy) is 2. The molecule has 0 aliphatic carbocycles. The molecule has 0 saturated heterocycles. The van der Waals surface area contributed by atoms with E-state index in [0.717, 1.165) is 0 Å². The number of benzene rings is 2. The van der Waals surface area contributed by atoms with Crippen LogP contribution in [0.5, 0.6) is 11.5 Å². The van der Waals surface area contributed by atoms with Crippen molar-refractivity contribution >= 4 is 52.1 Å². The third kappa shape index (κ3) is 4.42. The number of carbonyl (C=O) groups excluding carboxylic acids is 1. The molecule has 0 radical (unpaired) electrons. The zero-order valence-electron chi connectivity index (χ0n) is 15.9. The minimum atomic E-state index is -0.616. The van der Waals surface area contributed by atoms with Gasteiger partial charge in [-0.25, -0.2) is 0 Å². The highest BCUT2D eigenvalue weighted by Crippen LogP contribution is 2.37. The molecule has 29 heavy (non-hydrogen) atoms. The summed E-state index contributed by atoms with van der Waals surface area (Å²) in [7, 11) is 3.07. The number of methoxy groups -OCH3 is 2. The molecule has 1 atom stereocenters. The van der Waals surface area contributed by atoms with Gasteiger partial charge in [-0.05, 0) is 43.4 Å². The van der Waals surface area contributed by atoms with Gasteiger partial charge in [0.25, 0.3) is 5.91 Å². The molecule has 9 heteroatoms. The van der Waals surface area contributed by atoms with Gasteiger partial charge in [-0.1, -0.05) is 29.3 Å². The molecule has 1 aliphatic rings. The fourth-order valence-corrected chi connectivity index (χ4v) is 3.98. The van der Waals surface area contributed by atoms with Crippen molar-refractivity contribution in [3.8, 4) is 11.5 Å². The lowest BCUT2D eigenvalue weighted by atomic mass is 9.94. The van der Waals surface area contributed by atoms with Crippen molar-refractivity contribution in [3.63, 3.8) is 0 Å². The van der Waals surface area contributed by atoms with Crippen molar-refractivity contribution in [2.45, 2.75) is 13.0 Å². The van der Waals surface area contributed by atoms with Crippen LogP contribution in [-0.4, -0.2) is 25.2 Å². The lowest BCUT2D eigenvalue weighted by molar-refractivity contribution is -0.113. The smallest absolute Gasteiger partial charge is 0.255 e. The largest absolute Gasteiger partial charge is 0.497 e. The second-order valence-corrected chi connectivity index (χ2v) is 7.45. The molecular weight excluding hydrogens is 433 g/mol. The van der Waals surface area contributed by atoms with E-state index in [9.17, 15) is 4.79 Å². The van der Waals surface area contributed by atoms with E-state index >= 15 is 0 Å². The summed E-state index contributed by atoms with van der Waals surface area (Å²) >= 11 is 18.1. The first-order valence-corrected chi connectivity index (χ1v) is 9.77. The van der Waals surface area contributed by atoms with E-state index in [1.165, 1.54) is 7.11 Å². The van der Waals surface area contributed by atoms with E-state index in [4.69, 9.17) is 44.9 Å². The van der Waals surface area contributed by atoms with E-state index in [2.05, 4.69) is 16.0 Å². The summed E-state index contributed by atoms with van der Waals surface area (Å²) in [5.41, 5.74) is 2.08. The average Bonchev–Trinajstić information content (AvgIpc) is 2.67. The van der Waals surface area contributed by atoms with E-state index < -0.39 is 6.04 Å². The van der Waals surface area contributed by atoms with E-state index in [0.29, 0.717) is 49.2 Å². The molecule has 152 valence electrons. The minimum absolute atomic E-state index is 0.352. The fraction of sp³-hybridized carbons (Fsp3) is 0.200. The molecule has 1 heterocycles. The predicted molar refractivity (Wildman–Crippen MR) is 119 cm³/mol. The van der Waals surface area contributed by atoms with Crippen LogP contribution in [0.1, 0.15) is 18.5 Å². The first-order chi connectivity index (χ1) is 13.8. The van der Waals surface area contributed by atoms with Crippen molar-refractivity contribution in [2.24, 2.45) is 0 Å². The Morgan fingerprint density at radius 3 is 2.45 bits per heavy atom. The van der Waals surface area contributed by atoms with Crippen LogP contribution in [0, 0.1) is 0 Å². The summed E-state index contributed by atoms with van der Waals surface area (Å²) in [5, 5.41) is 10.2. The molecule has 0 aromatic heterocycles. The maximum Gasteiger partial charge on any atom is 0.255 e. The van der Waals surface area contributed by atoms with Gasteiger partial charge in [0.05, 0.1) is 31.5 Å². The van der Waals surface area contributed by atoms with Crippen LogP contribution in [0.15, 0.2) is 47.7 Å². The summed E-state index contributed by atoms with van der Waals surface area (Å²) in [4.78, 5) is 13.2. The standard InChI is InChI=1S/C20H19Cl2N3O3S/c1-10-16(19(26)24-14-8-7-11(27-2)9-15(14)28-3)18(25-20(29)23-10)17-12(21)5-4-6-13(17)22/h4-9,18H,1-3H3,(H,24,26)(H2,23,25,29). The number of hydrogen-bond donors (Lipinski definition) is 3. The second kappa shape index (κ2) is 8.90. The third-order valence-electron chi connectivity index (χ3n) is 4.46. The summed E-state index contributed by atoms with van der Waals surface area (Å²) in [5.74, 6) is 0.729. The van der Waals surface area contributed by atoms with E-state index in [1.54, 1.807) is 50.4 Å². The predicted octanol–water partition coefficient (Wildman–Crippen LogP) is 4.44. The second-order valence-electron chi connectivity index (χ2n) is 6.23. The maximum atomic E-state index is 13.2. The normalized spacial score (nSPS) is 16.0. The van der Waals surface area contributed by atoms with Crippen LogP contribution in [0.2, 0.25) is 10.0 Å². The van der Waals surface area contributed by atoms with Crippen molar-refractivity contribution in [2.75, 3.05) is 19.5 Å².